The predicted molar refractivity (Wildman–Crippen MR) is 83.3 cm³/mol. The van der Waals surface area contributed by atoms with Crippen molar-refractivity contribution in [3.05, 3.63) is 63.6 Å². The molecule has 128 valence electrons. The molecule has 0 amide bonds. The largest absolute Gasteiger partial charge is 0.474 e. The van der Waals surface area contributed by atoms with Crippen molar-refractivity contribution in [3.63, 3.8) is 0 Å². The third-order valence-electron chi connectivity index (χ3n) is 3.09. The highest BCUT2D eigenvalue weighted by molar-refractivity contribution is 6.31. The average molecular weight is 379 g/mol. The first kappa shape index (κ1) is 18.4. The number of carbonyl (C=O) groups is 1. The lowest BCUT2D eigenvalue weighted by Crippen LogP contribution is -2.20. The highest BCUT2D eigenvalue weighted by atomic mass is 35.5. The minimum atomic E-state index is -4.64. The van der Waals surface area contributed by atoms with E-state index in [1.807, 2.05) is 0 Å². The molecule has 2 aromatic rings. The molecule has 0 spiro atoms. The first-order valence-corrected chi connectivity index (χ1v) is 7.34. The zero-order valence-corrected chi connectivity index (χ0v) is 13.7. The maximum absolute atomic E-state index is 12.9. The van der Waals surface area contributed by atoms with Crippen LogP contribution in [0.5, 0.6) is 5.75 Å². The lowest BCUT2D eigenvalue weighted by molar-refractivity contribution is -0.149. The van der Waals surface area contributed by atoms with Crippen molar-refractivity contribution < 1.29 is 27.4 Å². The molecule has 0 aliphatic carbocycles. The smallest absolute Gasteiger partial charge is 0.417 e. The standard InChI is InChI=1S/C16H11Cl2F3O3/c1-23-15(22)14(9-2-4-10(17)5-3-9)24-11-6-7-13(18)12(8-11)16(19,20)21/h2-8,14H,1H3. The lowest BCUT2D eigenvalue weighted by Gasteiger charge is -2.18. The maximum atomic E-state index is 12.9. The van der Waals surface area contributed by atoms with E-state index in [1.165, 1.54) is 30.3 Å². The van der Waals surface area contributed by atoms with Crippen molar-refractivity contribution >= 4 is 29.2 Å². The van der Waals surface area contributed by atoms with Crippen molar-refractivity contribution in [1.29, 1.82) is 0 Å². The molecule has 0 aromatic heterocycles. The normalized spacial score (nSPS) is 12.6. The molecule has 0 aliphatic rings. The molecule has 0 radical (unpaired) electrons. The third kappa shape index (κ3) is 4.33. The predicted octanol–water partition coefficient (Wildman–Crippen LogP) is 5.31. The molecule has 24 heavy (non-hydrogen) atoms. The second-order valence-corrected chi connectivity index (χ2v) is 5.56. The SMILES string of the molecule is COC(=O)C(Oc1ccc(Cl)c(C(F)(F)F)c1)c1ccc(Cl)cc1. The third-order valence-corrected chi connectivity index (χ3v) is 3.67. The summed E-state index contributed by atoms with van der Waals surface area (Å²) in [5, 5.41) is -0.0239. The summed E-state index contributed by atoms with van der Waals surface area (Å²) in [5.74, 6) is -0.932. The summed E-state index contributed by atoms with van der Waals surface area (Å²) in [6, 6.07) is 9.11. The molecular formula is C16H11Cl2F3O3. The average Bonchev–Trinajstić information content (AvgIpc) is 2.53. The zero-order chi connectivity index (χ0) is 17.9. The van der Waals surface area contributed by atoms with E-state index in [0.717, 1.165) is 19.2 Å². The van der Waals surface area contributed by atoms with Crippen LogP contribution in [0.2, 0.25) is 10.0 Å². The first-order valence-electron chi connectivity index (χ1n) is 6.59. The molecule has 1 atom stereocenters. The quantitative estimate of drug-likeness (QED) is 0.676. The highest BCUT2D eigenvalue weighted by Crippen LogP contribution is 2.37. The zero-order valence-electron chi connectivity index (χ0n) is 12.2. The van der Waals surface area contributed by atoms with Gasteiger partial charge in [-0.1, -0.05) is 35.3 Å². The van der Waals surface area contributed by atoms with Gasteiger partial charge in [0.1, 0.15) is 5.75 Å². The molecular weight excluding hydrogens is 368 g/mol. The maximum Gasteiger partial charge on any atom is 0.417 e. The Hall–Kier alpha value is -1.92. The molecule has 2 rings (SSSR count). The van der Waals surface area contributed by atoms with Crippen LogP contribution in [0, 0.1) is 0 Å². The molecule has 0 bridgehead atoms. The first-order chi connectivity index (χ1) is 11.2. The summed E-state index contributed by atoms with van der Waals surface area (Å²) in [6.07, 6.45) is -5.88. The van der Waals surface area contributed by atoms with E-state index in [2.05, 4.69) is 4.74 Å². The topological polar surface area (TPSA) is 35.5 Å². The van der Waals surface area contributed by atoms with Crippen molar-refractivity contribution in [2.24, 2.45) is 0 Å². The lowest BCUT2D eigenvalue weighted by atomic mass is 10.1. The van der Waals surface area contributed by atoms with Crippen molar-refractivity contribution in [2.45, 2.75) is 12.3 Å². The van der Waals surface area contributed by atoms with Gasteiger partial charge in [-0.05, 0) is 30.3 Å². The van der Waals surface area contributed by atoms with Gasteiger partial charge in [-0.3, -0.25) is 0 Å². The molecule has 8 heteroatoms. The monoisotopic (exact) mass is 378 g/mol. The van der Waals surface area contributed by atoms with Crippen LogP contribution in [-0.2, 0) is 15.7 Å². The fraction of sp³-hybridized carbons (Fsp3) is 0.188. The Balaban J connectivity index is 2.37. The van der Waals surface area contributed by atoms with Gasteiger partial charge in [0, 0.05) is 10.6 Å². The van der Waals surface area contributed by atoms with E-state index in [1.54, 1.807) is 0 Å². The van der Waals surface area contributed by atoms with Crippen LogP contribution in [0.25, 0.3) is 0 Å². The Morgan fingerprint density at radius 3 is 2.25 bits per heavy atom. The van der Waals surface area contributed by atoms with Crippen LogP contribution in [0.4, 0.5) is 13.2 Å². The fourth-order valence-electron chi connectivity index (χ4n) is 1.93. The molecule has 1 unspecified atom stereocenters. The molecule has 0 saturated heterocycles. The van der Waals surface area contributed by atoms with E-state index in [9.17, 15) is 18.0 Å². The van der Waals surface area contributed by atoms with Gasteiger partial charge in [0.2, 0.25) is 6.10 Å². The Kier molecular flexibility index (Phi) is 5.62. The van der Waals surface area contributed by atoms with Gasteiger partial charge in [-0.2, -0.15) is 13.2 Å². The summed E-state index contributed by atoms with van der Waals surface area (Å²) < 4.78 is 48.8. The summed E-state index contributed by atoms with van der Waals surface area (Å²) in [4.78, 5) is 11.9. The second-order valence-electron chi connectivity index (χ2n) is 4.71. The summed E-state index contributed by atoms with van der Waals surface area (Å²) >= 11 is 11.3. The highest BCUT2D eigenvalue weighted by Gasteiger charge is 2.34. The van der Waals surface area contributed by atoms with Crippen LogP contribution >= 0.6 is 23.2 Å². The van der Waals surface area contributed by atoms with Gasteiger partial charge < -0.3 is 9.47 Å². The number of hydrogen-bond donors (Lipinski definition) is 0. The molecule has 2 aromatic carbocycles. The number of benzene rings is 2. The number of halogens is 5. The van der Waals surface area contributed by atoms with E-state index < -0.39 is 28.8 Å². The number of carbonyl (C=O) groups excluding carboxylic acids is 1. The molecule has 0 N–H and O–H groups in total. The van der Waals surface area contributed by atoms with E-state index in [0.29, 0.717) is 10.6 Å². The number of methoxy groups -OCH3 is 1. The van der Waals surface area contributed by atoms with Crippen LogP contribution in [0.3, 0.4) is 0 Å². The number of hydrogen-bond acceptors (Lipinski definition) is 3. The summed E-state index contributed by atoms with van der Waals surface area (Å²) in [7, 11) is 1.15. The van der Waals surface area contributed by atoms with Crippen LogP contribution < -0.4 is 4.74 Å². The van der Waals surface area contributed by atoms with Crippen LogP contribution in [0.15, 0.2) is 42.5 Å². The van der Waals surface area contributed by atoms with Crippen LogP contribution in [0.1, 0.15) is 17.2 Å². The van der Waals surface area contributed by atoms with Gasteiger partial charge in [-0.25, -0.2) is 4.79 Å². The van der Waals surface area contributed by atoms with Gasteiger partial charge in [0.15, 0.2) is 0 Å². The van der Waals surface area contributed by atoms with Crippen molar-refractivity contribution in [3.8, 4) is 5.75 Å². The Morgan fingerprint density at radius 2 is 1.71 bits per heavy atom. The van der Waals surface area contributed by atoms with Crippen LogP contribution in [-0.4, -0.2) is 13.1 Å². The van der Waals surface area contributed by atoms with E-state index >= 15 is 0 Å². The van der Waals surface area contributed by atoms with Gasteiger partial charge >= 0.3 is 12.1 Å². The molecule has 0 saturated carbocycles. The van der Waals surface area contributed by atoms with E-state index in [4.69, 9.17) is 27.9 Å². The molecule has 0 fully saturated rings. The van der Waals surface area contributed by atoms with Gasteiger partial charge in [-0.15, -0.1) is 0 Å². The fourth-order valence-corrected chi connectivity index (χ4v) is 2.28. The number of esters is 1. The molecule has 0 aliphatic heterocycles. The van der Waals surface area contributed by atoms with Crippen molar-refractivity contribution in [2.75, 3.05) is 7.11 Å². The number of alkyl halides is 3. The van der Waals surface area contributed by atoms with Gasteiger partial charge in [0.05, 0.1) is 17.7 Å². The summed E-state index contributed by atoms with van der Waals surface area (Å²) in [5.41, 5.74) is -0.670. The minimum absolute atomic E-state index is 0.169. The van der Waals surface area contributed by atoms with Crippen molar-refractivity contribution in [1.82, 2.24) is 0 Å². The number of ether oxygens (including phenoxy) is 2. The minimum Gasteiger partial charge on any atom is -0.474 e. The molecule has 3 nitrogen and oxygen atoms in total. The Labute approximate surface area is 145 Å². The second kappa shape index (κ2) is 7.32. The van der Waals surface area contributed by atoms with Gasteiger partial charge in [0.25, 0.3) is 0 Å². The summed E-state index contributed by atoms with van der Waals surface area (Å²) in [6.45, 7) is 0. The molecule has 0 heterocycles. The van der Waals surface area contributed by atoms with E-state index in [-0.39, 0.29) is 5.75 Å². The Bertz CT molecular complexity index is 730. The Morgan fingerprint density at radius 1 is 1.08 bits per heavy atom. The number of rotatable bonds is 4.